The van der Waals surface area contributed by atoms with E-state index in [1.807, 2.05) is 72.8 Å². The highest BCUT2D eigenvalue weighted by Crippen LogP contribution is 2.39. The molecule has 2 aromatic heterocycles. The van der Waals surface area contributed by atoms with Gasteiger partial charge in [-0.1, -0.05) is 121 Å². The maximum absolute atomic E-state index is 6.21. The van der Waals surface area contributed by atoms with Crippen molar-refractivity contribution in [3.63, 3.8) is 0 Å². The van der Waals surface area contributed by atoms with Gasteiger partial charge in [0.1, 0.15) is 11.0 Å². The van der Waals surface area contributed by atoms with Gasteiger partial charge in [-0.2, -0.15) is 0 Å². The van der Waals surface area contributed by atoms with Gasteiger partial charge in [0.15, 0.2) is 11.2 Å². The molecule has 0 fully saturated rings. The Morgan fingerprint density at radius 3 is 1.12 bits per heavy atom. The number of aromatic nitrogens is 2. The first kappa shape index (κ1) is 34.2. The van der Waals surface area contributed by atoms with E-state index in [2.05, 4.69) is 144 Å². The van der Waals surface area contributed by atoms with Gasteiger partial charge in [-0.3, -0.25) is 0 Å². The molecule has 5 nitrogen and oxygen atoms in total. The minimum Gasteiger partial charge on any atom is -0.436 e. The molecule has 278 valence electrons. The smallest absolute Gasteiger partial charge is 0.227 e. The number of anilines is 3. The molecule has 0 saturated carbocycles. The van der Waals surface area contributed by atoms with Crippen LogP contribution in [0.5, 0.6) is 0 Å². The van der Waals surface area contributed by atoms with Crippen LogP contribution in [0.15, 0.2) is 221 Å². The third kappa shape index (κ3) is 6.61. The number of rotatable bonds is 8. The Hall–Kier alpha value is -8.02. The highest BCUT2D eigenvalue weighted by atomic mass is 16.4. The number of hydrogen-bond donors (Lipinski definition) is 0. The summed E-state index contributed by atoms with van der Waals surface area (Å²) in [6.07, 6.45) is 0. The maximum Gasteiger partial charge on any atom is 0.227 e. The zero-order valence-corrected chi connectivity index (χ0v) is 31.9. The van der Waals surface area contributed by atoms with E-state index in [1.54, 1.807) is 0 Å². The summed E-state index contributed by atoms with van der Waals surface area (Å²) < 4.78 is 12.4. The zero-order valence-electron chi connectivity index (χ0n) is 31.9. The fraction of sp³-hybridized carbons (Fsp3) is 0. The number of hydrogen-bond acceptors (Lipinski definition) is 5. The second-order valence-electron chi connectivity index (χ2n) is 14.7. The molecule has 0 atom stereocenters. The van der Waals surface area contributed by atoms with E-state index in [0.717, 1.165) is 72.6 Å². The van der Waals surface area contributed by atoms with E-state index in [4.69, 9.17) is 18.8 Å². The molecular weight excluding hydrogens is 723 g/mol. The maximum atomic E-state index is 6.21. The summed E-state index contributed by atoms with van der Waals surface area (Å²) in [5.74, 6) is 1.24. The molecule has 11 rings (SSSR count). The van der Waals surface area contributed by atoms with Gasteiger partial charge < -0.3 is 13.7 Å². The monoisotopic (exact) mass is 757 g/mol. The lowest BCUT2D eigenvalue weighted by Gasteiger charge is -2.26. The molecular formula is C54H35N3O2. The quantitative estimate of drug-likeness (QED) is 0.154. The summed E-state index contributed by atoms with van der Waals surface area (Å²) in [6.45, 7) is 0. The van der Waals surface area contributed by atoms with Crippen LogP contribution in [-0.4, -0.2) is 9.97 Å². The van der Waals surface area contributed by atoms with Crippen molar-refractivity contribution in [3.05, 3.63) is 212 Å². The van der Waals surface area contributed by atoms with Crippen LogP contribution in [0.1, 0.15) is 0 Å². The van der Waals surface area contributed by atoms with Crippen molar-refractivity contribution >= 4 is 50.0 Å². The Balaban J connectivity index is 0.931. The van der Waals surface area contributed by atoms with Gasteiger partial charge in [-0.15, -0.1) is 0 Å². The summed E-state index contributed by atoms with van der Waals surface area (Å²) in [7, 11) is 0. The van der Waals surface area contributed by atoms with E-state index in [-0.39, 0.29) is 0 Å². The van der Waals surface area contributed by atoms with Gasteiger partial charge in [0.25, 0.3) is 0 Å². The number of oxazole rings is 2. The first-order valence-electron chi connectivity index (χ1n) is 19.7. The van der Waals surface area contributed by atoms with Crippen LogP contribution in [0.3, 0.4) is 0 Å². The van der Waals surface area contributed by atoms with Gasteiger partial charge in [-0.25, -0.2) is 9.97 Å². The lowest BCUT2D eigenvalue weighted by Crippen LogP contribution is -2.09. The molecule has 0 aliphatic rings. The number of nitrogens with zero attached hydrogens (tertiary/aromatic N) is 3. The minimum absolute atomic E-state index is 0.622. The predicted octanol–water partition coefficient (Wildman–Crippen LogP) is 14.9. The normalized spacial score (nSPS) is 11.4. The molecule has 59 heavy (non-hydrogen) atoms. The molecule has 0 amide bonds. The van der Waals surface area contributed by atoms with Crippen LogP contribution >= 0.6 is 0 Å². The Morgan fingerprint density at radius 1 is 0.288 bits per heavy atom. The molecule has 0 radical (unpaired) electrons. The fourth-order valence-electron chi connectivity index (χ4n) is 7.84. The Labute approximate surface area is 341 Å². The van der Waals surface area contributed by atoms with Gasteiger partial charge in [-0.05, 0) is 135 Å². The molecule has 0 saturated heterocycles. The summed E-state index contributed by atoms with van der Waals surface area (Å²) >= 11 is 0. The Kier molecular flexibility index (Phi) is 8.41. The molecule has 0 aliphatic carbocycles. The Bertz CT molecular complexity index is 3080. The molecule has 0 aliphatic heterocycles. The fourth-order valence-corrected chi connectivity index (χ4v) is 7.84. The van der Waals surface area contributed by atoms with Crippen molar-refractivity contribution in [3.8, 4) is 56.3 Å². The van der Waals surface area contributed by atoms with E-state index in [0.29, 0.717) is 11.8 Å². The highest BCUT2D eigenvalue weighted by molar-refractivity contribution is 5.89. The molecule has 11 aromatic rings. The average Bonchev–Trinajstić information content (AvgIpc) is 3.95. The number of fused-ring (bicyclic) bond motifs is 3. The second kappa shape index (κ2) is 14.5. The van der Waals surface area contributed by atoms with Gasteiger partial charge >= 0.3 is 0 Å². The van der Waals surface area contributed by atoms with Crippen molar-refractivity contribution in [1.29, 1.82) is 0 Å². The topological polar surface area (TPSA) is 55.3 Å². The van der Waals surface area contributed by atoms with Crippen LogP contribution in [0.4, 0.5) is 17.1 Å². The first-order valence-corrected chi connectivity index (χ1v) is 19.7. The molecule has 0 N–H and O–H groups in total. The Morgan fingerprint density at radius 2 is 0.661 bits per heavy atom. The molecule has 0 unspecified atom stereocenters. The van der Waals surface area contributed by atoms with Gasteiger partial charge in [0, 0.05) is 28.2 Å². The largest absolute Gasteiger partial charge is 0.436 e. The van der Waals surface area contributed by atoms with Crippen molar-refractivity contribution in [2.24, 2.45) is 0 Å². The molecule has 9 aromatic carbocycles. The zero-order chi connectivity index (χ0) is 39.1. The van der Waals surface area contributed by atoms with Crippen LogP contribution in [0.2, 0.25) is 0 Å². The van der Waals surface area contributed by atoms with Crippen LogP contribution < -0.4 is 4.90 Å². The lowest BCUT2D eigenvalue weighted by atomic mass is 10.0. The van der Waals surface area contributed by atoms with Crippen LogP contribution in [-0.2, 0) is 0 Å². The summed E-state index contributed by atoms with van der Waals surface area (Å²) in [4.78, 5) is 11.8. The second-order valence-corrected chi connectivity index (χ2v) is 14.7. The third-order valence-corrected chi connectivity index (χ3v) is 10.9. The van der Waals surface area contributed by atoms with Crippen molar-refractivity contribution < 1.29 is 8.83 Å². The van der Waals surface area contributed by atoms with E-state index in [1.165, 1.54) is 21.9 Å². The van der Waals surface area contributed by atoms with Crippen LogP contribution in [0, 0.1) is 0 Å². The van der Waals surface area contributed by atoms with Crippen molar-refractivity contribution in [1.82, 2.24) is 9.97 Å². The number of benzene rings is 9. The van der Waals surface area contributed by atoms with Crippen LogP contribution in [0.25, 0.3) is 89.3 Å². The average molecular weight is 758 g/mol. The van der Waals surface area contributed by atoms with Gasteiger partial charge in [0.2, 0.25) is 11.8 Å². The highest BCUT2D eigenvalue weighted by Gasteiger charge is 2.16. The molecule has 0 spiro atoms. The molecule has 2 heterocycles. The standard InChI is InChI=1S/C54H35N3O2/c1-3-10-40(11-4-1)53-55-49-31-23-44(34-51(49)58-53)38-19-27-47(28-20-38)57(46-25-17-37(18-26-46)43-16-15-36-9-7-8-14-42(36)33-43)48-29-21-39(22-30-48)45-24-32-50-52(35-45)59-54(56-50)41-12-5-2-6-13-41/h1-35H. The molecule has 0 bridgehead atoms. The van der Waals surface area contributed by atoms with E-state index in [9.17, 15) is 0 Å². The summed E-state index contributed by atoms with van der Waals surface area (Å²) in [6, 6.07) is 73.8. The summed E-state index contributed by atoms with van der Waals surface area (Å²) in [5.41, 5.74) is 14.9. The molecule has 5 heteroatoms. The van der Waals surface area contributed by atoms with Crippen molar-refractivity contribution in [2.75, 3.05) is 4.90 Å². The lowest BCUT2D eigenvalue weighted by molar-refractivity contribution is 0.619. The third-order valence-electron chi connectivity index (χ3n) is 10.9. The minimum atomic E-state index is 0.622. The van der Waals surface area contributed by atoms with Gasteiger partial charge in [0.05, 0.1) is 0 Å². The summed E-state index contributed by atoms with van der Waals surface area (Å²) in [5, 5.41) is 2.47. The van der Waals surface area contributed by atoms with E-state index >= 15 is 0 Å². The SMILES string of the molecule is c1ccc(-c2nc3ccc(-c4ccc(N(c5ccc(-c6ccc7ccccc7c6)cc5)c5ccc(-c6ccc7nc(-c8ccccc8)oc7c6)cc5)cc4)cc3o2)cc1. The predicted molar refractivity (Wildman–Crippen MR) is 241 cm³/mol. The first-order chi connectivity index (χ1) is 29.2. The van der Waals surface area contributed by atoms with E-state index < -0.39 is 0 Å². The van der Waals surface area contributed by atoms with Crippen molar-refractivity contribution in [2.45, 2.75) is 0 Å².